The summed E-state index contributed by atoms with van der Waals surface area (Å²) in [5.74, 6) is 0.539. The van der Waals surface area contributed by atoms with Gasteiger partial charge in [-0.25, -0.2) is 0 Å². The first kappa shape index (κ1) is 18.2. The average molecular weight is 268 g/mol. The second kappa shape index (κ2) is 13.6. The predicted octanol–water partition coefficient (Wildman–Crippen LogP) is 5.27. The number of ether oxygens (including phenoxy) is 1. The van der Waals surface area contributed by atoms with Crippen molar-refractivity contribution in [2.75, 3.05) is 6.61 Å². The fourth-order valence-corrected chi connectivity index (χ4v) is 2.07. The first-order valence-corrected chi connectivity index (χ1v) is 7.96. The van der Waals surface area contributed by atoms with Gasteiger partial charge in [-0.1, -0.05) is 58.1 Å². The monoisotopic (exact) mass is 268 g/mol. The average Bonchev–Trinajstić information content (AvgIpc) is 2.37. The molecule has 0 heterocycles. The zero-order valence-corrected chi connectivity index (χ0v) is 13.1. The number of hydrogen-bond acceptors (Lipinski definition) is 2. The summed E-state index contributed by atoms with van der Waals surface area (Å²) in [5, 5.41) is 0. The Kier molecular flexibility index (Phi) is 13.1. The SMILES string of the molecule is CCCCCC=C[C@H](C)CCCCCCOC(C)=O. The molecule has 0 saturated carbocycles. The summed E-state index contributed by atoms with van der Waals surface area (Å²) in [6.07, 6.45) is 15.9. The van der Waals surface area contributed by atoms with Crippen LogP contribution >= 0.6 is 0 Å². The van der Waals surface area contributed by atoms with E-state index < -0.39 is 0 Å². The van der Waals surface area contributed by atoms with Gasteiger partial charge in [0.1, 0.15) is 0 Å². The third-order valence-corrected chi connectivity index (χ3v) is 3.30. The smallest absolute Gasteiger partial charge is 0.302 e. The van der Waals surface area contributed by atoms with Gasteiger partial charge in [-0.3, -0.25) is 4.79 Å². The summed E-state index contributed by atoms with van der Waals surface area (Å²) < 4.78 is 4.90. The molecule has 0 aromatic rings. The van der Waals surface area contributed by atoms with Crippen molar-refractivity contribution >= 4 is 5.97 Å². The molecule has 0 unspecified atom stereocenters. The molecule has 0 aliphatic rings. The van der Waals surface area contributed by atoms with Gasteiger partial charge < -0.3 is 4.74 Å². The van der Waals surface area contributed by atoms with E-state index in [1.165, 1.54) is 58.3 Å². The van der Waals surface area contributed by atoms with E-state index in [2.05, 4.69) is 26.0 Å². The van der Waals surface area contributed by atoms with Crippen LogP contribution in [0.2, 0.25) is 0 Å². The molecule has 0 aromatic heterocycles. The lowest BCUT2D eigenvalue weighted by molar-refractivity contribution is -0.141. The molecule has 0 radical (unpaired) electrons. The quantitative estimate of drug-likeness (QED) is 0.274. The summed E-state index contributed by atoms with van der Waals surface area (Å²) >= 11 is 0. The third-order valence-electron chi connectivity index (χ3n) is 3.30. The van der Waals surface area contributed by atoms with E-state index in [0.29, 0.717) is 12.5 Å². The molecule has 2 heteroatoms. The van der Waals surface area contributed by atoms with Crippen molar-refractivity contribution in [3.63, 3.8) is 0 Å². The molecule has 19 heavy (non-hydrogen) atoms. The highest BCUT2D eigenvalue weighted by molar-refractivity contribution is 5.65. The molecule has 0 aromatic carbocycles. The molecule has 0 spiro atoms. The molecule has 0 fully saturated rings. The minimum Gasteiger partial charge on any atom is -0.466 e. The van der Waals surface area contributed by atoms with Crippen molar-refractivity contribution < 1.29 is 9.53 Å². The Morgan fingerprint density at radius 2 is 1.84 bits per heavy atom. The van der Waals surface area contributed by atoms with Crippen molar-refractivity contribution in [1.82, 2.24) is 0 Å². The number of rotatable bonds is 12. The van der Waals surface area contributed by atoms with Crippen LogP contribution in [0.4, 0.5) is 0 Å². The third kappa shape index (κ3) is 15.2. The number of carbonyl (C=O) groups excluding carboxylic acids is 1. The summed E-state index contributed by atoms with van der Waals surface area (Å²) in [7, 11) is 0. The van der Waals surface area contributed by atoms with Crippen LogP contribution in [0.3, 0.4) is 0 Å². The van der Waals surface area contributed by atoms with Crippen LogP contribution < -0.4 is 0 Å². The molecule has 0 aliphatic carbocycles. The van der Waals surface area contributed by atoms with Gasteiger partial charge in [-0.2, -0.15) is 0 Å². The number of hydrogen-bond donors (Lipinski definition) is 0. The molecular weight excluding hydrogens is 236 g/mol. The number of esters is 1. The van der Waals surface area contributed by atoms with Crippen molar-refractivity contribution in [2.45, 2.75) is 78.6 Å². The highest BCUT2D eigenvalue weighted by Crippen LogP contribution is 2.12. The van der Waals surface area contributed by atoms with Gasteiger partial charge >= 0.3 is 5.97 Å². The van der Waals surface area contributed by atoms with Gasteiger partial charge in [0.2, 0.25) is 0 Å². The van der Waals surface area contributed by atoms with Crippen LogP contribution in [-0.4, -0.2) is 12.6 Å². The Hall–Kier alpha value is -0.790. The largest absolute Gasteiger partial charge is 0.466 e. The van der Waals surface area contributed by atoms with E-state index in [4.69, 9.17) is 4.74 Å². The second-order valence-corrected chi connectivity index (χ2v) is 5.44. The summed E-state index contributed by atoms with van der Waals surface area (Å²) in [5.41, 5.74) is 0. The lowest BCUT2D eigenvalue weighted by Crippen LogP contribution is -2.00. The molecule has 2 nitrogen and oxygen atoms in total. The zero-order valence-electron chi connectivity index (χ0n) is 13.1. The van der Waals surface area contributed by atoms with E-state index in [0.717, 1.165) is 6.42 Å². The zero-order chi connectivity index (χ0) is 14.3. The van der Waals surface area contributed by atoms with E-state index in [-0.39, 0.29) is 5.97 Å². The van der Waals surface area contributed by atoms with Crippen LogP contribution in [0.15, 0.2) is 12.2 Å². The molecular formula is C17H32O2. The summed E-state index contributed by atoms with van der Waals surface area (Å²) in [4.78, 5) is 10.6. The fourth-order valence-electron chi connectivity index (χ4n) is 2.07. The first-order chi connectivity index (χ1) is 9.16. The fraction of sp³-hybridized carbons (Fsp3) is 0.824. The highest BCUT2D eigenvalue weighted by Gasteiger charge is 1.98. The topological polar surface area (TPSA) is 26.3 Å². The maximum atomic E-state index is 10.6. The molecule has 0 N–H and O–H groups in total. The Bertz CT molecular complexity index is 233. The standard InChI is InChI=1S/C17H32O2/c1-4-5-6-7-10-13-16(2)14-11-8-9-12-15-19-17(3)18/h10,13,16H,4-9,11-12,14-15H2,1-3H3/t16-/m0/s1. The Morgan fingerprint density at radius 1 is 1.11 bits per heavy atom. The van der Waals surface area contributed by atoms with Gasteiger partial charge in [0.05, 0.1) is 6.61 Å². The number of unbranched alkanes of at least 4 members (excludes halogenated alkanes) is 6. The van der Waals surface area contributed by atoms with E-state index >= 15 is 0 Å². The predicted molar refractivity (Wildman–Crippen MR) is 82.2 cm³/mol. The molecule has 0 bridgehead atoms. The van der Waals surface area contributed by atoms with Crippen LogP contribution in [0.25, 0.3) is 0 Å². The van der Waals surface area contributed by atoms with Crippen LogP contribution in [0.5, 0.6) is 0 Å². The van der Waals surface area contributed by atoms with Crippen molar-refractivity contribution in [2.24, 2.45) is 5.92 Å². The van der Waals surface area contributed by atoms with Gasteiger partial charge in [-0.15, -0.1) is 0 Å². The van der Waals surface area contributed by atoms with Crippen LogP contribution in [0.1, 0.15) is 78.6 Å². The van der Waals surface area contributed by atoms with E-state index in [1.54, 1.807) is 0 Å². The van der Waals surface area contributed by atoms with Crippen LogP contribution in [-0.2, 0) is 9.53 Å². The van der Waals surface area contributed by atoms with Gasteiger partial charge in [0.25, 0.3) is 0 Å². The minimum absolute atomic E-state index is 0.165. The number of carbonyl (C=O) groups is 1. The molecule has 0 amide bonds. The number of allylic oxidation sites excluding steroid dienone is 2. The van der Waals surface area contributed by atoms with Crippen molar-refractivity contribution in [3.8, 4) is 0 Å². The Morgan fingerprint density at radius 3 is 2.53 bits per heavy atom. The maximum Gasteiger partial charge on any atom is 0.302 e. The Balaban J connectivity index is 3.28. The summed E-state index contributed by atoms with van der Waals surface area (Å²) in [6.45, 7) is 6.60. The highest BCUT2D eigenvalue weighted by atomic mass is 16.5. The Labute approximate surface area is 119 Å². The summed E-state index contributed by atoms with van der Waals surface area (Å²) in [6, 6.07) is 0. The normalized spacial score (nSPS) is 12.8. The first-order valence-electron chi connectivity index (χ1n) is 7.96. The second-order valence-electron chi connectivity index (χ2n) is 5.44. The van der Waals surface area contributed by atoms with E-state index in [1.807, 2.05) is 0 Å². The van der Waals surface area contributed by atoms with Crippen LogP contribution in [0, 0.1) is 5.92 Å². The molecule has 0 rings (SSSR count). The van der Waals surface area contributed by atoms with Crippen molar-refractivity contribution in [1.29, 1.82) is 0 Å². The van der Waals surface area contributed by atoms with Crippen molar-refractivity contribution in [3.05, 3.63) is 12.2 Å². The minimum atomic E-state index is -0.165. The van der Waals surface area contributed by atoms with E-state index in [9.17, 15) is 4.79 Å². The lowest BCUT2D eigenvalue weighted by Gasteiger charge is -2.06. The molecule has 0 aliphatic heterocycles. The lowest BCUT2D eigenvalue weighted by atomic mass is 10.0. The molecule has 0 saturated heterocycles. The molecule has 1 atom stereocenters. The van der Waals surface area contributed by atoms with Gasteiger partial charge in [-0.05, 0) is 31.6 Å². The maximum absolute atomic E-state index is 10.6. The van der Waals surface area contributed by atoms with Gasteiger partial charge in [0.15, 0.2) is 0 Å². The van der Waals surface area contributed by atoms with Gasteiger partial charge in [0, 0.05) is 6.92 Å². The molecule has 112 valence electrons.